The van der Waals surface area contributed by atoms with Crippen molar-refractivity contribution < 1.29 is 18.3 Å². The number of rotatable bonds is 6. The number of carbonyl (C=O) groups excluding carboxylic acids is 1. The van der Waals surface area contributed by atoms with E-state index in [-0.39, 0.29) is 30.0 Å². The highest BCUT2D eigenvalue weighted by molar-refractivity contribution is 5.77. The van der Waals surface area contributed by atoms with Crippen molar-refractivity contribution in [2.24, 2.45) is 0 Å². The van der Waals surface area contributed by atoms with Crippen LogP contribution in [-0.2, 0) is 4.79 Å². The largest absolute Gasteiger partial charge is 0.481 e. The number of nitrogens with one attached hydrogen (secondary N) is 1. The summed E-state index contributed by atoms with van der Waals surface area (Å²) in [6.45, 7) is 3.50. The first-order valence-electron chi connectivity index (χ1n) is 6.10. The highest BCUT2D eigenvalue weighted by Gasteiger charge is 2.12. The van der Waals surface area contributed by atoms with Gasteiger partial charge in [-0.25, -0.2) is 8.78 Å². The number of ether oxygens (including phenoxy) is 1. The lowest BCUT2D eigenvalue weighted by Crippen LogP contribution is -2.36. The molecule has 4 nitrogen and oxygen atoms in total. The Labute approximate surface area is 110 Å². The van der Waals surface area contributed by atoms with Crippen LogP contribution in [0.2, 0.25) is 0 Å². The van der Waals surface area contributed by atoms with Crippen LogP contribution in [0.1, 0.15) is 26.7 Å². The van der Waals surface area contributed by atoms with Crippen molar-refractivity contribution in [2.75, 3.05) is 12.3 Å². The van der Waals surface area contributed by atoms with Crippen LogP contribution in [0.15, 0.2) is 12.1 Å². The first-order chi connectivity index (χ1) is 8.93. The van der Waals surface area contributed by atoms with Gasteiger partial charge in [-0.15, -0.1) is 0 Å². The first-order valence-corrected chi connectivity index (χ1v) is 6.10. The van der Waals surface area contributed by atoms with E-state index in [2.05, 4.69) is 5.32 Å². The third-order valence-electron chi connectivity index (χ3n) is 2.54. The fraction of sp³-hybridized carbons (Fsp3) is 0.462. The number of hydrogen-bond acceptors (Lipinski definition) is 3. The minimum atomic E-state index is -0.798. The van der Waals surface area contributed by atoms with Crippen molar-refractivity contribution in [2.45, 2.75) is 32.7 Å². The SMILES string of the molecule is CCCC(C)NC(=O)COc1cc(F)c(N)cc1F. The average Bonchev–Trinajstić information content (AvgIpc) is 2.32. The Morgan fingerprint density at radius 1 is 1.42 bits per heavy atom. The molecule has 1 aromatic carbocycles. The highest BCUT2D eigenvalue weighted by Crippen LogP contribution is 2.22. The van der Waals surface area contributed by atoms with Gasteiger partial charge < -0.3 is 15.8 Å². The lowest BCUT2D eigenvalue weighted by molar-refractivity contribution is -0.123. The Hall–Kier alpha value is -1.85. The maximum absolute atomic E-state index is 13.4. The molecule has 19 heavy (non-hydrogen) atoms. The van der Waals surface area contributed by atoms with Gasteiger partial charge in [0, 0.05) is 18.2 Å². The molecule has 1 amide bonds. The minimum absolute atomic E-state index is 0.0223. The number of hydrogen-bond donors (Lipinski definition) is 2. The summed E-state index contributed by atoms with van der Waals surface area (Å²) >= 11 is 0. The van der Waals surface area contributed by atoms with E-state index >= 15 is 0 Å². The third kappa shape index (κ3) is 4.73. The second-order valence-electron chi connectivity index (χ2n) is 4.35. The number of nitrogens with two attached hydrogens (primary N) is 1. The van der Waals surface area contributed by atoms with E-state index < -0.39 is 11.6 Å². The van der Waals surface area contributed by atoms with Gasteiger partial charge in [0.15, 0.2) is 18.2 Å². The second kappa shape index (κ2) is 6.92. The molecule has 0 saturated heterocycles. The second-order valence-corrected chi connectivity index (χ2v) is 4.35. The maximum Gasteiger partial charge on any atom is 0.258 e. The molecule has 0 heterocycles. The van der Waals surface area contributed by atoms with E-state index in [0.717, 1.165) is 25.0 Å². The molecule has 0 aliphatic heterocycles. The Kier molecular flexibility index (Phi) is 5.54. The van der Waals surface area contributed by atoms with E-state index in [1.54, 1.807) is 0 Å². The zero-order valence-electron chi connectivity index (χ0n) is 11.0. The van der Waals surface area contributed by atoms with Crippen molar-refractivity contribution in [3.63, 3.8) is 0 Å². The molecule has 0 aliphatic carbocycles. The van der Waals surface area contributed by atoms with Crippen LogP contribution in [0.3, 0.4) is 0 Å². The van der Waals surface area contributed by atoms with E-state index in [9.17, 15) is 13.6 Å². The number of anilines is 1. The van der Waals surface area contributed by atoms with Gasteiger partial charge in [0.2, 0.25) is 0 Å². The summed E-state index contributed by atoms with van der Waals surface area (Å²) in [7, 11) is 0. The van der Waals surface area contributed by atoms with Crippen molar-refractivity contribution in [1.82, 2.24) is 5.32 Å². The lowest BCUT2D eigenvalue weighted by atomic mass is 10.2. The predicted octanol–water partition coefficient (Wildman–Crippen LogP) is 2.23. The van der Waals surface area contributed by atoms with Crippen LogP contribution in [0.5, 0.6) is 5.75 Å². The first kappa shape index (κ1) is 15.2. The van der Waals surface area contributed by atoms with Crippen LogP contribution >= 0.6 is 0 Å². The quantitative estimate of drug-likeness (QED) is 0.780. The van der Waals surface area contributed by atoms with Gasteiger partial charge in [-0.05, 0) is 13.3 Å². The van der Waals surface area contributed by atoms with Crippen LogP contribution in [0, 0.1) is 11.6 Å². The Morgan fingerprint density at radius 2 is 2.11 bits per heavy atom. The zero-order valence-corrected chi connectivity index (χ0v) is 11.0. The summed E-state index contributed by atoms with van der Waals surface area (Å²) in [6.07, 6.45) is 1.79. The maximum atomic E-state index is 13.4. The molecule has 0 aromatic heterocycles. The third-order valence-corrected chi connectivity index (χ3v) is 2.54. The highest BCUT2D eigenvalue weighted by atomic mass is 19.1. The number of carbonyl (C=O) groups is 1. The van der Waals surface area contributed by atoms with Crippen LogP contribution in [0.25, 0.3) is 0 Å². The van der Waals surface area contributed by atoms with E-state index in [0.29, 0.717) is 0 Å². The van der Waals surface area contributed by atoms with Crippen molar-refractivity contribution in [1.29, 1.82) is 0 Å². The van der Waals surface area contributed by atoms with Crippen molar-refractivity contribution >= 4 is 11.6 Å². The lowest BCUT2D eigenvalue weighted by Gasteiger charge is -2.13. The Balaban J connectivity index is 2.53. The number of benzene rings is 1. The Morgan fingerprint density at radius 3 is 2.74 bits per heavy atom. The molecule has 3 N–H and O–H groups in total. The minimum Gasteiger partial charge on any atom is -0.481 e. The molecular weight excluding hydrogens is 254 g/mol. The Bertz CT molecular complexity index is 453. The molecule has 106 valence electrons. The van der Waals surface area contributed by atoms with Gasteiger partial charge in [-0.2, -0.15) is 0 Å². The summed E-state index contributed by atoms with van der Waals surface area (Å²) < 4.78 is 31.4. The smallest absolute Gasteiger partial charge is 0.258 e. The number of amides is 1. The van der Waals surface area contributed by atoms with Crippen LogP contribution in [-0.4, -0.2) is 18.6 Å². The summed E-state index contributed by atoms with van der Waals surface area (Å²) in [5, 5.41) is 2.69. The van der Waals surface area contributed by atoms with Gasteiger partial charge in [0.05, 0.1) is 5.69 Å². The van der Waals surface area contributed by atoms with Crippen molar-refractivity contribution in [3.8, 4) is 5.75 Å². The molecule has 0 bridgehead atoms. The molecule has 0 spiro atoms. The fourth-order valence-electron chi connectivity index (χ4n) is 1.62. The van der Waals surface area contributed by atoms with Crippen LogP contribution < -0.4 is 15.8 Å². The number of halogens is 2. The molecule has 0 aliphatic rings. The molecule has 1 atom stereocenters. The summed E-state index contributed by atoms with van der Waals surface area (Å²) in [5.74, 6) is -2.29. The predicted molar refractivity (Wildman–Crippen MR) is 68.8 cm³/mol. The fourth-order valence-corrected chi connectivity index (χ4v) is 1.62. The average molecular weight is 272 g/mol. The standard InChI is InChI=1S/C13H18F2N2O2/c1-3-4-8(2)17-13(18)7-19-12-6-9(14)11(16)5-10(12)15/h5-6,8H,3-4,7,16H2,1-2H3,(H,17,18). The van der Waals surface area contributed by atoms with Crippen LogP contribution in [0.4, 0.5) is 14.5 Å². The normalized spacial score (nSPS) is 12.0. The molecule has 1 unspecified atom stereocenters. The molecule has 0 radical (unpaired) electrons. The summed E-state index contributed by atoms with van der Waals surface area (Å²) in [4.78, 5) is 11.5. The zero-order chi connectivity index (χ0) is 14.4. The van der Waals surface area contributed by atoms with E-state index in [4.69, 9.17) is 10.5 Å². The topological polar surface area (TPSA) is 64.3 Å². The van der Waals surface area contributed by atoms with Gasteiger partial charge in [-0.3, -0.25) is 4.79 Å². The van der Waals surface area contributed by atoms with Gasteiger partial charge in [-0.1, -0.05) is 13.3 Å². The van der Waals surface area contributed by atoms with Gasteiger partial charge in [0.25, 0.3) is 5.91 Å². The van der Waals surface area contributed by atoms with E-state index in [1.807, 2.05) is 13.8 Å². The monoisotopic (exact) mass is 272 g/mol. The van der Waals surface area contributed by atoms with E-state index in [1.165, 1.54) is 0 Å². The summed E-state index contributed by atoms with van der Waals surface area (Å²) in [6, 6.07) is 1.67. The van der Waals surface area contributed by atoms with Crippen molar-refractivity contribution in [3.05, 3.63) is 23.8 Å². The number of nitrogen functional groups attached to an aromatic ring is 1. The van der Waals surface area contributed by atoms with Gasteiger partial charge >= 0.3 is 0 Å². The summed E-state index contributed by atoms with van der Waals surface area (Å²) in [5.41, 5.74) is 4.89. The van der Waals surface area contributed by atoms with Gasteiger partial charge in [0.1, 0.15) is 5.82 Å². The molecular formula is C13H18F2N2O2. The molecule has 6 heteroatoms. The molecule has 1 aromatic rings. The molecule has 1 rings (SSSR count). The molecule has 0 fully saturated rings. The molecule has 0 saturated carbocycles.